The molecule has 2 aromatic carbocycles. The summed E-state index contributed by atoms with van der Waals surface area (Å²) in [5.74, 6) is 0.738. The van der Waals surface area contributed by atoms with E-state index in [1.165, 1.54) is 6.07 Å². The molecule has 1 atom stereocenters. The van der Waals surface area contributed by atoms with Crippen molar-refractivity contribution in [2.45, 2.75) is 36.9 Å². The van der Waals surface area contributed by atoms with Crippen LogP contribution in [0.5, 0.6) is 11.5 Å². The maximum absolute atomic E-state index is 12.8. The Morgan fingerprint density at radius 1 is 1.07 bits per heavy atom. The van der Waals surface area contributed by atoms with Gasteiger partial charge in [-0.25, -0.2) is 13.1 Å². The smallest absolute Gasteiger partial charge is 0.244 e. The maximum Gasteiger partial charge on any atom is 0.244 e. The molecule has 4 rings (SSSR count). The van der Waals surface area contributed by atoms with Gasteiger partial charge in [0.1, 0.15) is 4.90 Å². The van der Waals surface area contributed by atoms with Crippen LogP contribution in [-0.2, 0) is 23.1 Å². The highest BCUT2D eigenvalue weighted by molar-refractivity contribution is 7.89. The number of ether oxygens (including phenoxy) is 2. The molecule has 0 spiro atoms. The van der Waals surface area contributed by atoms with Gasteiger partial charge in [-0.2, -0.15) is 0 Å². The number of likely N-dealkylation sites (tertiary alicyclic amines) is 1. The van der Waals surface area contributed by atoms with Gasteiger partial charge < -0.3 is 14.6 Å². The van der Waals surface area contributed by atoms with Crippen LogP contribution >= 0.6 is 0 Å². The molecule has 0 radical (unpaired) electrons. The molecule has 0 saturated carbocycles. The second-order valence-corrected chi connectivity index (χ2v) is 9.19. The summed E-state index contributed by atoms with van der Waals surface area (Å²) in [6, 6.07) is 12.8. The fourth-order valence-corrected chi connectivity index (χ4v) is 4.78. The van der Waals surface area contributed by atoms with Crippen LogP contribution in [0.4, 0.5) is 0 Å². The van der Waals surface area contributed by atoms with Crippen molar-refractivity contribution in [1.82, 2.24) is 9.62 Å². The number of para-hydroxylation sites is 1. The van der Waals surface area contributed by atoms with E-state index in [-0.39, 0.29) is 23.3 Å². The SMILES string of the molecule is O=S(=O)(NCc1ccc(CN2CCC(O)C2)cc1)c1cccc2c1OCCCO2. The van der Waals surface area contributed by atoms with Crippen LogP contribution < -0.4 is 14.2 Å². The first-order valence-electron chi connectivity index (χ1n) is 9.88. The van der Waals surface area contributed by atoms with Crippen molar-refractivity contribution in [3.8, 4) is 11.5 Å². The quantitative estimate of drug-likeness (QED) is 0.745. The molecule has 2 N–H and O–H groups in total. The highest BCUT2D eigenvalue weighted by Crippen LogP contribution is 2.35. The van der Waals surface area contributed by atoms with Crippen LogP contribution in [0.3, 0.4) is 0 Å². The molecule has 29 heavy (non-hydrogen) atoms. The molecular weight excluding hydrogens is 392 g/mol. The normalized spacial score (nSPS) is 19.8. The summed E-state index contributed by atoms with van der Waals surface area (Å²) in [5, 5.41) is 9.63. The summed E-state index contributed by atoms with van der Waals surface area (Å²) in [7, 11) is -3.74. The summed E-state index contributed by atoms with van der Waals surface area (Å²) in [5.41, 5.74) is 2.02. The standard InChI is InChI=1S/C21H26N2O5S/c24-18-9-10-23(15-18)14-17-7-5-16(6-8-17)13-22-29(25,26)20-4-1-3-19-21(20)28-12-2-11-27-19/h1,3-8,18,22,24H,2,9-15H2. The number of sulfonamides is 1. The van der Waals surface area contributed by atoms with Crippen LogP contribution in [0.2, 0.25) is 0 Å². The van der Waals surface area contributed by atoms with Gasteiger partial charge in [-0.1, -0.05) is 30.3 Å². The monoisotopic (exact) mass is 418 g/mol. The zero-order chi connectivity index (χ0) is 20.3. The van der Waals surface area contributed by atoms with Gasteiger partial charge >= 0.3 is 0 Å². The predicted octanol–water partition coefficient (Wildman–Crippen LogP) is 1.89. The van der Waals surface area contributed by atoms with Gasteiger partial charge in [0.2, 0.25) is 10.0 Å². The Kier molecular flexibility index (Phi) is 6.05. The van der Waals surface area contributed by atoms with E-state index in [1.807, 2.05) is 24.3 Å². The number of hydrogen-bond acceptors (Lipinski definition) is 6. The second-order valence-electron chi connectivity index (χ2n) is 7.45. The van der Waals surface area contributed by atoms with Crippen molar-refractivity contribution >= 4 is 10.0 Å². The van der Waals surface area contributed by atoms with E-state index in [9.17, 15) is 13.5 Å². The molecule has 1 fully saturated rings. The number of aliphatic hydroxyl groups is 1. The number of β-amino-alcohol motifs (C(OH)–C–C–N with tert-alkyl or cyclic N) is 1. The van der Waals surface area contributed by atoms with E-state index < -0.39 is 10.0 Å². The van der Waals surface area contributed by atoms with Gasteiger partial charge in [0, 0.05) is 32.6 Å². The third-order valence-electron chi connectivity index (χ3n) is 5.17. The summed E-state index contributed by atoms with van der Waals surface area (Å²) in [6.07, 6.45) is 1.30. The van der Waals surface area contributed by atoms with Gasteiger partial charge in [0.25, 0.3) is 0 Å². The molecule has 0 aromatic heterocycles. The Morgan fingerprint density at radius 3 is 2.59 bits per heavy atom. The number of nitrogens with one attached hydrogen (secondary N) is 1. The first-order chi connectivity index (χ1) is 14.0. The Balaban J connectivity index is 1.41. The minimum absolute atomic E-state index is 0.0983. The molecule has 0 bridgehead atoms. The molecule has 0 aliphatic carbocycles. The van der Waals surface area contributed by atoms with Gasteiger partial charge in [-0.3, -0.25) is 4.90 Å². The van der Waals surface area contributed by atoms with Gasteiger partial charge in [0.15, 0.2) is 11.5 Å². The van der Waals surface area contributed by atoms with E-state index in [1.54, 1.807) is 12.1 Å². The number of fused-ring (bicyclic) bond motifs is 1. The molecule has 2 aromatic rings. The fourth-order valence-electron chi connectivity index (χ4n) is 3.61. The molecule has 1 saturated heterocycles. The molecular formula is C21H26N2O5S. The van der Waals surface area contributed by atoms with Crippen LogP contribution in [0.1, 0.15) is 24.0 Å². The number of aliphatic hydroxyl groups excluding tert-OH is 1. The second kappa shape index (κ2) is 8.71. The van der Waals surface area contributed by atoms with Crippen LogP contribution in [0, 0.1) is 0 Å². The predicted molar refractivity (Wildman–Crippen MR) is 108 cm³/mol. The lowest BCUT2D eigenvalue weighted by Gasteiger charge is -2.15. The molecule has 2 heterocycles. The number of benzene rings is 2. The first kappa shape index (κ1) is 20.2. The molecule has 2 aliphatic rings. The highest BCUT2D eigenvalue weighted by Gasteiger charge is 2.24. The summed E-state index contributed by atoms with van der Waals surface area (Å²) < 4.78 is 39.6. The van der Waals surface area contributed by atoms with Crippen molar-refractivity contribution in [2.24, 2.45) is 0 Å². The average molecular weight is 419 g/mol. The molecule has 0 amide bonds. The fraction of sp³-hybridized carbons (Fsp3) is 0.429. The van der Waals surface area contributed by atoms with Gasteiger partial charge in [-0.05, 0) is 29.7 Å². The topological polar surface area (TPSA) is 88.1 Å². The Labute approximate surface area is 171 Å². The third-order valence-corrected chi connectivity index (χ3v) is 6.59. The lowest BCUT2D eigenvalue weighted by molar-refractivity contribution is 0.175. The lowest BCUT2D eigenvalue weighted by Crippen LogP contribution is -2.24. The third kappa shape index (κ3) is 4.90. The maximum atomic E-state index is 12.8. The van der Waals surface area contributed by atoms with Crippen molar-refractivity contribution in [3.63, 3.8) is 0 Å². The van der Waals surface area contributed by atoms with Crippen LogP contribution in [-0.4, -0.2) is 50.8 Å². The average Bonchev–Trinajstić information content (AvgIpc) is 2.97. The van der Waals surface area contributed by atoms with E-state index in [4.69, 9.17) is 9.47 Å². The Hall–Kier alpha value is -2.13. The molecule has 7 nitrogen and oxygen atoms in total. The van der Waals surface area contributed by atoms with E-state index in [0.29, 0.717) is 31.9 Å². The first-order valence-corrected chi connectivity index (χ1v) is 11.4. The molecule has 1 unspecified atom stereocenters. The van der Waals surface area contributed by atoms with Gasteiger partial charge in [-0.15, -0.1) is 0 Å². The van der Waals surface area contributed by atoms with Gasteiger partial charge in [0.05, 0.1) is 19.3 Å². The number of nitrogens with zero attached hydrogens (tertiary/aromatic N) is 1. The summed E-state index contributed by atoms with van der Waals surface area (Å²) in [4.78, 5) is 2.31. The van der Waals surface area contributed by atoms with E-state index in [0.717, 1.165) is 30.6 Å². The molecule has 8 heteroatoms. The van der Waals surface area contributed by atoms with Crippen LogP contribution in [0.25, 0.3) is 0 Å². The Morgan fingerprint density at radius 2 is 1.83 bits per heavy atom. The minimum atomic E-state index is -3.74. The largest absolute Gasteiger partial charge is 0.490 e. The number of hydrogen-bond donors (Lipinski definition) is 2. The van der Waals surface area contributed by atoms with Crippen molar-refractivity contribution < 1.29 is 23.0 Å². The number of rotatable bonds is 6. The van der Waals surface area contributed by atoms with Crippen molar-refractivity contribution in [1.29, 1.82) is 0 Å². The molecule has 156 valence electrons. The van der Waals surface area contributed by atoms with Crippen molar-refractivity contribution in [2.75, 3.05) is 26.3 Å². The van der Waals surface area contributed by atoms with Crippen molar-refractivity contribution in [3.05, 3.63) is 53.6 Å². The highest BCUT2D eigenvalue weighted by atomic mass is 32.2. The zero-order valence-electron chi connectivity index (χ0n) is 16.2. The summed E-state index contributed by atoms with van der Waals surface area (Å²) in [6.45, 7) is 3.51. The summed E-state index contributed by atoms with van der Waals surface area (Å²) >= 11 is 0. The minimum Gasteiger partial charge on any atom is -0.490 e. The van der Waals surface area contributed by atoms with Crippen LogP contribution in [0.15, 0.2) is 47.4 Å². The zero-order valence-corrected chi connectivity index (χ0v) is 17.0. The Bertz CT molecular complexity index is 946. The molecule has 2 aliphatic heterocycles. The van der Waals surface area contributed by atoms with E-state index >= 15 is 0 Å². The van der Waals surface area contributed by atoms with E-state index in [2.05, 4.69) is 9.62 Å². The lowest BCUT2D eigenvalue weighted by atomic mass is 10.1.